The highest BCUT2D eigenvalue weighted by Crippen LogP contribution is 2.35. The molecule has 0 heterocycles. The molecule has 6 heteroatoms. The molecule has 0 atom stereocenters. The number of nitrogens with one attached hydrogen (secondary N) is 2. The van der Waals surface area contributed by atoms with Crippen molar-refractivity contribution in [2.45, 2.75) is 18.4 Å². The number of benzene rings is 1. The topological polar surface area (TPSA) is 78.4 Å². The summed E-state index contributed by atoms with van der Waals surface area (Å²) in [6.07, 6.45) is 0.927. The van der Waals surface area contributed by atoms with Crippen LogP contribution in [0.2, 0.25) is 5.02 Å². The molecule has 0 spiro atoms. The van der Waals surface area contributed by atoms with Gasteiger partial charge in [-0.15, -0.1) is 0 Å². The SMILES string of the molecule is O=C(Nc1cccc(Cl)c1)NC1(C(=O)O)CC1. The van der Waals surface area contributed by atoms with Crippen molar-refractivity contribution in [2.24, 2.45) is 0 Å². The molecule has 1 aromatic rings. The molecule has 1 aliphatic rings. The fourth-order valence-corrected chi connectivity index (χ4v) is 1.65. The van der Waals surface area contributed by atoms with E-state index < -0.39 is 17.5 Å². The molecule has 0 aliphatic heterocycles. The number of rotatable bonds is 3. The summed E-state index contributed by atoms with van der Waals surface area (Å²) < 4.78 is 0. The molecule has 0 radical (unpaired) electrons. The molecule has 0 bridgehead atoms. The standard InChI is InChI=1S/C11H11ClN2O3/c12-7-2-1-3-8(6-7)13-10(17)14-11(4-5-11)9(15)16/h1-3,6H,4-5H2,(H,15,16)(H2,13,14,17). The third kappa shape index (κ3) is 2.68. The van der Waals surface area contributed by atoms with Crippen LogP contribution in [0.15, 0.2) is 24.3 Å². The number of carbonyl (C=O) groups is 2. The summed E-state index contributed by atoms with van der Waals surface area (Å²) in [5, 5.41) is 14.4. The predicted molar refractivity (Wildman–Crippen MR) is 63.2 cm³/mol. The van der Waals surface area contributed by atoms with Crippen LogP contribution in [-0.2, 0) is 4.79 Å². The van der Waals surface area contributed by atoms with Gasteiger partial charge in [-0.3, -0.25) is 0 Å². The molecule has 1 aliphatic carbocycles. The largest absolute Gasteiger partial charge is 0.480 e. The first-order valence-electron chi connectivity index (χ1n) is 5.10. The van der Waals surface area contributed by atoms with Crippen LogP contribution in [0.3, 0.4) is 0 Å². The number of aliphatic carboxylic acids is 1. The second kappa shape index (κ2) is 4.25. The Morgan fingerprint density at radius 2 is 2.06 bits per heavy atom. The van der Waals surface area contributed by atoms with Gasteiger partial charge in [0.05, 0.1) is 0 Å². The van der Waals surface area contributed by atoms with Gasteiger partial charge in [-0.1, -0.05) is 17.7 Å². The molecule has 90 valence electrons. The summed E-state index contributed by atoms with van der Waals surface area (Å²) in [7, 11) is 0. The fourth-order valence-electron chi connectivity index (χ4n) is 1.46. The van der Waals surface area contributed by atoms with Crippen LogP contribution in [0.25, 0.3) is 0 Å². The Morgan fingerprint density at radius 1 is 1.35 bits per heavy atom. The number of amides is 2. The van der Waals surface area contributed by atoms with E-state index in [2.05, 4.69) is 10.6 Å². The van der Waals surface area contributed by atoms with Crippen LogP contribution in [0, 0.1) is 0 Å². The summed E-state index contributed by atoms with van der Waals surface area (Å²) in [5.74, 6) is -1.00. The second-order valence-electron chi connectivity index (χ2n) is 3.98. The Hall–Kier alpha value is -1.75. The fraction of sp³-hybridized carbons (Fsp3) is 0.273. The van der Waals surface area contributed by atoms with E-state index in [4.69, 9.17) is 16.7 Å². The van der Waals surface area contributed by atoms with Gasteiger partial charge in [-0.25, -0.2) is 9.59 Å². The van der Waals surface area contributed by atoms with Gasteiger partial charge in [-0.2, -0.15) is 0 Å². The molecule has 0 unspecified atom stereocenters. The van der Waals surface area contributed by atoms with E-state index in [0.29, 0.717) is 23.6 Å². The Balaban J connectivity index is 1.96. The maximum Gasteiger partial charge on any atom is 0.329 e. The van der Waals surface area contributed by atoms with Gasteiger partial charge in [-0.05, 0) is 31.0 Å². The van der Waals surface area contributed by atoms with E-state index in [0.717, 1.165) is 0 Å². The second-order valence-corrected chi connectivity index (χ2v) is 4.41. The minimum absolute atomic E-state index is 0.464. The quantitative estimate of drug-likeness (QED) is 0.773. The van der Waals surface area contributed by atoms with Gasteiger partial charge in [0.15, 0.2) is 0 Å². The van der Waals surface area contributed by atoms with Crippen molar-refractivity contribution in [1.82, 2.24) is 5.32 Å². The van der Waals surface area contributed by atoms with Crippen LogP contribution in [0.5, 0.6) is 0 Å². The molecule has 1 aromatic carbocycles. The van der Waals surface area contributed by atoms with E-state index >= 15 is 0 Å². The van der Waals surface area contributed by atoms with E-state index in [-0.39, 0.29) is 0 Å². The van der Waals surface area contributed by atoms with Crippen molar-refractivity contribution in [2.75, 3.05) is 5.32 Å². The molecule has 1 fully saturated rings. The van der Waals surface area contributed by atoms with Crippen molar-refractivity contribution >= 4 is 29.3 Å². The van der Waals surface area contributed by atoms with Crippen LogP contribution < -0.4 is 10.6 Å². The molecular weight excluding hydrogens is 244 g/mol. The van der Waals surface area contributed by atoms with Crippen LogP contribution in [0.1, 0.15) is 12.8 Å². The Morgan fingerprint density at radius 3 is 2.59 bits per heavy atom. The maximum absolute atomic E-state index is 11.6. The average Bonchev–Trinajstić information content (AvgIpc) is 2.98. The zero-order valence-corrected chi connectivity index (χ0v) is 9.62. The van der Waals surface area contributed by atoms with E-state index in [1.807, 2.05) is 0 Å². The number of hydrogen-bond acceptors (Lipinski definition) is 2. The number of anilines is 1. The van der Waals surface area contributed by atoms with E-state index in [1.165, 1.54) is 0 Å². The van der Waals surface area contributed by atoms with Crippen molar-refractivity contribution in [3.05, 3.63) is 29.3 Å². The zero-order valence-electron chi connectivity index (χ0n) is 8.87. The van der Waals surface area contributed by atoms with Crippen molar-refractivity contribution in [1.29, 1.82) is 0 Å². The van der Waals surface area contributed by atoms with E-state index in [1.54, 1.807) is 24.3 Å². The Bertz CT molecular complexity index is 472. The molecule has 2 rings (SSSR count). The highest BCUT2D eigenvalue weighted by atomic mass is 35.5. The first kappa shape index (κ1) is 11.7. The molecular formula is C11H11ClN2O3. The lowest BCUT2D eigenvalue weighted by atomic mass is 10.3. The van der Waals surface area contributed by atoms with Gasteiger partial charge in [0.2, 0.25) is 0 Å². The smallest absolute Gasteiger partial charge is 0.329 e. The number of carboxylic acid groups (broad SMARTS) is 1. The van der Waals surface area contributed by atoms with Gasteiger partial charge in [0, 0.05) is 10.7 Å². The summed E-state index contributed by atoms with van der Waals surface area (Å²) in [6.45, 7) is 0. The van der Waals surface area contributed by atoms with Gasteiger partial charge in [0.1, 0.15) is 5.54 Å². The number of urea groups is 1. The van der Waals surface area contributed by atoms with Gasteiger partial charge >= 0.3 is 12.0 Å². The average molecular weight is 255 g/mol. The number of carboxylic acids is 1. The molecule has 0 aromatic heterocycles. The molecule has 17 heavy (non-hydrogen) atoms. The van der Waals surface area contributed by atoms with E-state index in [9.17, 15) is 9.59 Å². The van der Waals surface area contributed by atoms with Gasteiger partial charge in [0.25, 0.3) is 0 Å². The highest BCUT2D eigenvalue weighted by Gasteiger charge is 2.51. The lowest BCUT2D eigenvalue weighted by molar-refractivity contribution is -0.140. The normalized spacial score (nSPS) is 16.1. The minimum atomic E-state index is -1.08. The number of halogens is 1. The summed E-state index contributed by atoms with van der Waals surface area (Å²) >= 11 is 5.76. The molecule has 0 saturated heterocycles. The molecule has 2 amide bonds. The molecule has 3 N–H and O–H groups in total. The lowest BCUT2D eigenvalue weighted by Gasteiger charge is -2.13. The zero-order chi connectivity index (χ0) is 12.5. The minimum Gasteiger partial charge on any atom is -0.480 e. The number of carbonyl (C=O) groups excluding carboxylic acids is 1. The first-order valence-corrected chi connectivity index (χ1v) is 5.48. The van der Waals surface area contributed by atoms with Crippen molar-refractivity contribution < 1.29 is 14.7 Å². The molecule has 5 nitrogen and oxygen atoms in total. The lowest BCUT2D eigenvalue weighted by Crippen LogP contribution is -2.45. The first-order chi connectivity index (χ1) is 8.02. The van der Waals surface area contributed by atoms with Crippen molar-refractivity contribution in [3.63, 3.8) is 0 Å². The van der Waals surface area contributed by atoms with Crippen LogP contribution >= 0.6 is 11.6 Å². The Labute approximate surface area is 103 Å². The van der Waals surface area contributed by atoms with Crippen molar-refractivity contribution in [3.8, 4) is 0 Å². The summed E-state index contributed by atoms with van der Waals surface area (Å²) in [6, 6.07) is 6.10. The van der Waals surface area contributed by atoms with Gasteiger partial charge < -0.3 is 15.7 Å². The van der Waals surface area contributed by atoms with Crippen LogP contribution in [0.4, 0.5) is 10.5 Å². The number of hydrogen-bond donors (Lipinski definition) is 3. The summed E-state index contributed by atoms with van der Waals surface area (Å²) in [4.78, 5) is 22.4. The third-order valence-electron chi connectivity index (χ3n) is 2.59. The monoisotopic (exact) mass is 254 g/mol. The summed E-state index contributed by atoms with van der Waals surface area (Å²) in [5.41, 5.74) is -0.556. The van der Waals surface area contributed by atoms with Crippen LogP contribution in [-0.4, -0.2) is 22.6 Å². The third-order valence-corrected chi connectivity index (χ3v) is 2.83. The molecule has 1 saturated carbocycles. The maximum atomic E-state index is 11.6. The highest BCUT2D eigenvalue weighted by molar-refractivity contribution is 6.30. The predicted octanol–water partition coefficient (Wildman–Crippen LogP) is 2.08. The Kier molecular flexibility index (Phi) is 2.93.